The summed E-state index contributed by atoms with van der Waals surface area (Å²) >= 11 is 9.28. The fourth-order valence-electron chi connectivity index (χ4n) is 2.89. The summed E-state index contributed by atoms with van der Waals surface area (Å²) in [6.07, 6.45) is 3.42. The largest absolute Gasteiger partial charge is 0.349 e. The van der Waals surface area contributed by atoms with Gasteiger partial charge in [0.1, 0.15) is 0 Å². The average molecular weight is 375 g/mol. The molecule has 1 spiro atoms. The van der Waals surface area contributed by atoms with Gasteiger partial charge < -0.3 is 14.8 Å². The fraction of sp³-hybridized carbons (Fsp3) is 0.533. The first kappa shape index (κ1) is 15.3. The minimum atomic E-state index is -0.384. The molecule has 2 fully saturated rings. The lowest BCUT2D eigenvalue weighted by Crippen LogP contribution is -2.44. The van der Waals surface area contributed by atoms with Crippen molar-refractivity contribution >= 4 is 33.4 Å². The minimum absolute atomic E-state index is 0.0680. The molecule has 1 aromatic carbocycles. The zero-order valence-electron chi connectivity index (χ0n) is 11.5. The second kappa shape index (κ2) is 6.24. The van der Waals surface area contributed by atoms with Crippen molar-refractivity contribution in [1.29, 1.82) is 0 Å². The van der Waals surface area contributed by atoms with E-state index in [9.17, 15) is 4.79 Å². The molecule has 0 unspecified atom stereocenters. The Bertz CT molecular complexity index is 536. The van der Waals surface area contributed by atoms with Crippen molar-refractivity contribution in [2.75, 3.05) is 13.2 Å². The number of halogens is 2. The maximum atomic E-state index is 12.3. The van der Waals surface area contributed by atoms with E-state index < -0.39 is 0 Å². The van der Waals surface area contributed by atoms with Gasteiger partial charge in [-0.15, -0.1) is 0 Å². The van der Waals surface area contributed by atoms with Crippen LogP contribution in [0.5, 0.6) is 0 Å². The highest BCUT2D eigenvalue weighted by Gasteiger charge is 2.40. The Morgan fingerprint density at radius 1 is 1.29 bits per heavy atom. The van der Waals surface area contributed by atoms with Crippen LogP contribution in [0.3, 0.4) is 0 Å². The molecule has 1 heterocycles. The third-order valence-corrected chi connectivity index (χ3v) is 5.29. The first-order valence-corrected chi connectivity index (χ1v) is 8.29. The number of carbonyl (C=O) groups excluding carboxylic acids is 1. The zero-order chi connectivity index (χ0) is 14.9. The zero-order valence-corrected chi connectivity index (χ0v) is 13.9. The van der Waals surface area contributed by atoms with E-state index in [1.54, 1.807) is 18.2 Å². The molecule has 1 saturated heterocycles. The van der Waals surface area contributed by atoms with Crippen LogP contribution in [-0.2, 0) is 9.47 Å². The molecule has 0 aromatic heterocycles. The van der Waals surface area contributed by atoms with Crippen molar-refractivity contribution in [2.45, 2.75) is 37.5 Å². The summed E-state index contributed by atoms with van der Waals surface area (Å²) in [5, 5.41) is 3.67. The van der Waals surface area contributed by atoms with Gasteiger partial charge in [-0.3, -0.25) is 4.79 Å². The number of benzene rings is 1. The topological polar surface area (TPSA) is 47.6 Å². The van der Waals surface area contributed by atoms with E-state index in [0.717, 1.165) is 30.2 Å². The summed E-state index contributed by atoms with van der Waals surface area (Å²) in [5.41, 5.74) is 0.611. The first-order chi connectivity index (χ1) is 10.1. The van der Waals surface area contributed by atoms with Gasteiger partial charge >= 0.3 is 0 Å². The molecular weight excluding hydrogens is 358 g/mol. The molecule has 3 rings (SSSR count). The maximum absolute atomic E-state index is 12.3. The van der Waals surface area contributed by atoms with Crippen LogP contribution >= 0.6 is 27.5 Å². The average Bonchev–Trinajstić information content (AvgIpc) is 2.93. The number of nitrogens with one attached hydrogen (secondary N) is 1. The Balaban J connectivity index is 1.57. The van der Waals surface area contributed by atoms with Gasteiger partial charge in [-0.25, -0.2) is 0 Å². The molecule has 114 valence electrons. The lowest BCUT2D eigenvalue weighted by atomic mass is 9.90. The molecule has 0 atom stereocenters. The summed E-state index contributed by atoms with van der Waals surface area (Å²) in [6.45, 7) is 1.35. The highest BCUT2D eigenvalue weighted by molar-refractivity contribution is 9.10. The SMILES string of the molecule is O=C(NC1CCC2(CC1)OCCO2)c1ccc(Cl)c(Br)c1. The molecule has 0 bridgehead atoms. The number of hydrogen-bond acceptors (Lipinski definition) is 3. The molecule has 1 aromatic rings. The number of carbonyl (C=O) groups is 1. The Labute approximate surface area is 137 Å². The smallest absolute Gasteiger partial charge is 0.251 e. The molecule has 1 aliphatic heterocycles. The Hall–Kier alpha value is -0.620. The Morgan fingerprint density at radius 3 is 2.57 bits per heavy atom. The predicted octanol–water partition coefficient (Wildman–Crippen LogP) is 3.52. The van der Waals surface area contributed by atoms with Crippen molar-refractivity contribution in [3.05, 3.63) is 33.3 Å². The second-order valence-corrected chi connectivity index (χ2v) is 6.75. The van der Waals surface area contributed by atoms with Crippen molar-refractivity contribution < 1.29 is 14.3 Å². The van der Waals surface area contributed by atoms with E-state index >= 15 is 0 Å². The monoisotopic (exact) mass is 373 g/mol. The highest BCUT2D eigenvalue weighted by atomic mass is 79.9. The van der Waals surface area contributed by atoms with E-state index in [1.807, 2.05) is 0 Å². The van der Waals surface area contributed by atoms with E-state index in [0.29, 0.717) is 23.8 Å². The van der Waals surface area contributed by atoms with Crippen LogP contribution in [0, 0.1) is 0 Å². The van der Waals surface area contributed by atoms with Crippen LogP contribution in [0.15, 0.2) is 22.7 Å². The van der Waals surface area contributed by atoms with E-state index in [1.165, 1.54) is 0 Å². The van der Waals surface area contributed by atoms with Crippen LogP contribution in [0.25, 0.3) is 0 Å². The molecule has 21 heavy (non-hydrogen) atoms. The number of ether oxygens (including phenoxy) is 2. The van der Waals surface area contributed by atoms with E-state index in [4.69, 9.17) is 21.1 Å². The minimum Gasteiger partial charge on any atom is -0.349 e. The lowest BCUT2D eigenvalue weighted by Gasteiger charge is -2.35. The molecule has 1 N–H and O–H groups in total. The van der Waals surface area contributed by atoms with Crippen LogP contribution < -0.4 is 5.32 Å². The highest BCUT2D eigenvalue weighted by Crippen LogP contribution is 2.35. The van der Waals surface area contributed by atoms with Crippen LogP contribution in [0.2, 0.25) is 5.02 Å². The summed E-state index contributed by atoms with van der Waals surface area (Å²) in [4.78, 5) is 12.3. The normalized spacial score (nSPS) is 21.6. The third kappa shape index (κ3) is 3.42. The van der Waals surface area contributed by atoms with E-state index in [2.05, 4.69) is 21.2 Å². The summed E-state index contributed by atoms with van der Waals surface area (Å²) in [6, 6.07) is 5.36. The van der Waals surface area contributed by atoms with Gasteiger partial charge in [-0.1, -0.05) is 11.6 Å². The molecule has 2 aliphatic rings. The van der Waals surface area contributed by atoms with Crippen LogP contribution in [-0.4, -0.2) is 30.9 Å². The number of amides is 1. The summed E-state index contributed by atoms with van der Waals surface area (Å²) in [7, 11) is 0. The van der Waals surface area contributed by atoms with Crippen molar-refractivity contribution in [3.8, 4) is 0 Å². The molecule has 1 amide bonds. The summed E-state index contributed by atoms with van der Waals surface area (Å²) in [5.74, 6) is -0.452. The van der Waals surface area contributed by atoms with Crippen molar-refractivity contribution in [2.24, 2.45) is 0 Å². The molecule has 4 nitrogen and oxygen atoms in total. The maximum Gasteiger partial charge on any atom is 0.251 e. The van der Waals surface area contributed by atoms with Gasteiger partial charge in [0.25, 0.3) is 5.91 Å². The summed E-state index contributed by atoms with van der Waals surface area (Å²) < 4.78 is 12.1. The van der Waals surface area contributed by atoms with Gasteiger partial charge in [0.15, 0.2) is 5.79 Å². The molecule has 1 saturated carbocycles. The number of rotatable bonds is 2. The van der Waals surface area contributed by atoms with Gasteiger partial charge in [-0.05, 0) is 47.0 Å². The molecule has 1 aliphatic carbocycles. The fourth-order valence-corrected chi connectivity index (χ4v) is 3.39. The van der Waals surface area contributed by atoms with Crippen molar-refractivity contribution in [3.63, 3.8) is 0 Å². The van der Waals surface area contributed by atoms with Crippen LogP contribution in [0.1, 0.15) is 36.0 Å². The first-order valence-electron chi connectivity index (χ1n) is 7.12. The Morgan fingerprint density at radius 2 is 1.95 bits per heavy atom. The number of hydrogen-bond donors (Lipinski definition) is 1. The van der Waals surface area contributed by atoms with Crippen molar-refractivity contribution in [1.82, 2.24) is 5.32 Å². The van der Waals surface area contributed by atoms with Gasteiger partial charge in [0, 0.05) is 28.9 Å². The third-order valence-electron chi connectivity index (χ3n) is 4.08. The van der Waals surface area contributed by atoms with Gasteiger partial charge in [0.05, 0.1) is 18.2 Å². The Kier molecular flexibility index (Phi) is 4.54. The standard InChI is InChI=1S/C15H17BrClNO3/c16-12-9-10(1-2-13(12)17)14(19)18-11-3-5-15(6-4-11)20-7-8-21-15/h1-2,9,11H,3-8H2,(H,18,19). The second-order valence-electron chi connectivity index (χ2n) is 5.48. The van der Waals surface area contributed by atoms with Gasteiger partial charge in [0.2, 0.25) is 0 Å². The van der Waals surface area contributed by atoms with Gasteiger partial charge in [-0.2, -0.15) is 0 Å². The lowest BCUT2D eigenvalue weighted by molar-refractivity contribution is -0.179. The quantitative estimate of drug-likeness (QED) is 0.861. The van der Waals surface area contributed by atoms with E-state index in [-0.39, 0.29) is 17.7 Å². The molecular formula is C15H17BrClNO3. The van der Waals surface area contributed by atoms with Crippen LogP contribution in [0.4, 0.5) is 0 Å². The molecule has 6 heteroatoms. The molecule has 0 radical (unpaired) electrons. The predicted molar refractivity (Wildman–Crippen MR) is 83.5 cm³/mol.